The Hall–Kier alpha value is -2.04. The first-order valence-corrected chi connectivity index (χ1v) is 7.89. The maximum Gasteiger partial charge on any atom is 0.326 e. The van der Waals surface area contributed by atoms with Crippen LogP contribution in [-0.2, 0) is 15.0 Å². The van der Waals surface area contributed by atoms with Crippen LogP contribution in [-0.4, -0.2) is 41.1 Å². The second-order valence-electron chi connectivity index (χ2n) is 6.54. The Kier molecular flexibility index (Phi) is 2.93. The van der Waals surface area contributed by atoms with E-state index in [9.17, 15) is 14.7 Å². The van der Waals surface area contributed by atoms with Gasteiger partial charge in [0.1, 0.15) is 11.8 Å². The van der Waals surface area contributed by atoms with E-state index in [4.69, 9.17) is 4.74 Å². The summed E-state index contributed by atoms with van der Waals surface area (Å²) >= 11 is 0. The van der Waals surface area contributed by atoms with Gasteiger partial charge in [-0.1, -0.05) is 18.2 Å². The van der Waals surface area contributed by atoms with Crippen LogP contribution in [0.25, 0.3) is 0 Å². The van der Waals surface area contributed by atoms with Gasteiger partial charge in [-0.2, -0.15) is 0 Å². The normalized spacial score (nSPS) is 32.5. The van der Waals surface area contributed by atoms with E-state index in [1.54, 1.807) is 4.90 Å². The number of fused-ring (bicyclic) bond motifs is 2. The molecule has 0 radical (unpaired) electrons. The molecule has 116 valence electrons. The Labute approximate surface area is 128 Å². The van der Waals surface area contributed by atoms with E-state index in [1.165, 1.54) is 0 Å². The Morgan fingerprint density at radius 1 is 1.32 bits per heavy atom. The van der Waals surface area contributed by atoms with E-state index in [-0.39, 0.29) is 17.2 Å². The number of hydrogen-bond donors (Lipinski definition) is 1. The molecule has 2 aliphatic heterocycles. The van der Waals surface area contributed by atoms with E-state index < -0.39 is 12.0 Å². The molecule has 0 aromatic heterocycles. The molecule has 1 N–H and O–H groups in total. The van der Waals surface area contributed by atoms with Crippen LogP contribution in [0.5, 0.6) is 5.75 Å². The van der Waals surface area contributed by atoms with Crippen LogP contribution in [0, 0.1) is 5.92 Å². The maximum atomic E-state index is 12.8. The number of benzene rings is 1. The van der Waals surface area contributed by atoms with Crippen molar-refractivity contribution in [1.82, 2.24) is 4.90 Å². The number of likely N-dealkylation sites (tertiary alicyclic amines) is 1. The minimum atomic E-state index is -0.882. The van der Waals surface area contributed by atoms with Gasteiger partial charge in [0.15, 0.2) is 0 Å². The number of ether oxygens (including phenoxy) is 1. The SMILES string of the molecule is O=C(O)[C@@H]1CCCN1C(=O)[C@@H]1C[C@]12CCOc1ccccc12. The first-order valence-electron chi connectivity index (χ1n) is 7.89. The predicted molar refractivity (Wildman–Crippen MR) is 78.7 cm³/mol. The number of para-hydroxylation sites is 1. The van der Waals surface area contributed by atoms with Gasteiger partial charge in [-0.15, -0.1) is 0 Å². The molecule has 5 nitrogen and oxygen atoms in total. The summed E-state index contributed by atoms with van der Waals surface area (Å²) in [6.45, 7) is 1.20. The quantitative estimate of drug-likeness (QED) is 0.904. The second-order valence-corrected chi connectivity index (χ2v) is 6.54. The predicted octanol–water partition coefficient (Wildman–Crippen LogP) is 1.80. The number of aliphatic carboxylic acids is 1. The lowest BCUT2D eigenvalue weighted by Crippen LogP contribution is -2.42. The number of rotatable bonds is 2. The molecule has 3 aliphatic rings. The van der Waals surface area contributed by atoms with Gasteiger partial charge in [-0.25, -0.2) is 4.79 Å². The molecule has 2 heterocycles. The monoisotopic (exact) mass is 301 g/mol. The Bertz CT molecular complexity index is 643. The Morgan fingerprint density at radius 2 is 2.14 bits per heavy atom. The fraction of sp³-hybridized carbons (Fsp3) is 0.529. The second kappa shape index (κ2) is 4.73. The number of carbonyl (C=O) groups is 2. The van der Waals surface area contributed by atoms with Gasteiger partial charge in [0.2, 0.25) is 5.91 Å². The van der Waals surface area contributed by atoms with E-state index in [1.807, 2.05) is 24.3 Å². The molecule has 1 aliphatic carbocycles. The summed E-state index contributed by atoms with van der Waals surface area (Å²) in [6, 6.07) is 7.27. The van der Waals surface area contributed by atoms with Crippen LogP contribution in [0.4, 0.5) is 0 Å². The lowest BCUT2D eigenvalue weighted by atomic mass is 9.87. The van der Waals surface area contributed by atoms with Crippen molar-refractivity contribution in [2.24, 2.45) is 5.92 Å². The third-order valence-electron chi connectivity index (χ3n) is 5.42. The van der Waals surface area contributed by atoms with E-state index >= 15 is 0 Å². The largest absolute Gasteiger partial charge is 0.493 e. The Morgan fingerprint density at radius 3 is 2.95 bits per heavy atom. The van der Waals surface area contributed by atoms with Crippen molar-refractivity contribution < 1.29 is 19.4 Å². The van der Waals surface area contributed by atoms with Gasteiger partial charge in [0.25, 0.3) is 0 Å². The van der Waals surface area contributed by atoms with Gasteiger partial charge < -0.3 is 14.7 Å². The van der Waals surface area contributed by atoms with Crippen LogP contribution in [0.15, 0.2) is 24.3 Å². The van der Waals surface area contributed by atoms with Gasteiger partial charge in [-0.3, -0.25) is 4.79 Å². The smallest absolute Gasteiger partial charge is 0.326 e. The molecule has 0 bridgehead atoms. The minimum Gasteiger partial charge on any atom is -0.493 e. The van der Waals surface area contributed by atoms with Crippen LogP contribution >= 0.6 is 0 Å². The van der Waals surface area contributed by atoms with E-state index in [0.29, 0.717) is 19.6 Å². The summed E-state index contributed by atoms with van der Waals surface area (Å²) < 4.78 is 5.69. The van der Waals surface area contributed by atoms with Crippen LogP contribution in [0.1, 0.15) is 31.2 Å². The highest BCUT2D eigenvalue weighted by Gasteiger charge is 2.62. The summed E-state index contributed by atoms with van der Waals surface area (Å²) in [5.74, 6) is -0.0766. The van der Waals surface area contributed by atoms with E-state index in [2.05, 4.69) is 0 Å². The summed E-state index contributed by atoms with van der Waals surface area (Å²) in [7, 11) is 0. The highest BCUT2D eigenvalue weighted by Crippen LogP contribution is 2.61. The highest BCUT2D eigenvalue weighted by atomic mass is 16.5. The standard InChI is InChI=1S/C17H19NO4/c19-15(18-8-3-5-13(18)16(20)21)12-10-17(12)7-9-22-14-6-2-1-4-11(14)17/h1-2,4,6,12-13H,3,5,7-10H2,(H,20,21)/t12-,13-,17-/m0/s1. The van der Waals surface area contributed by atoms with Gasteiger partial charge in [-0.05, 0) is 31.7 Å². The average Bonchev–Trinajstić information content (AvgIpc) is 3.01. The molecule has 2 fully saturated rings. The zero-order chi connectivity index (χ0) is 15.3. The number of carboxylic acid groups (broad SMARTS) is 1. The van der Waals surface area contributed by atoms with Crippen LogP contribution < -0.4 is 4.74 Å². The molecule has 0 unspecified atom stereocenters. The van der Waals surface area contributed by atoms with E-state index in [0.717, 1.165) is 30.6 Å². The summed E-state index contributed by atoms with van der Waals surface area (Å²) in [5, 5.41) is 9.28. The summed E-state index contributed by atoms with van der Waals surface area (Å²) in [6.07, 6.45) is 3.00. The topological polar surface area (TPSA) is 66.8 Å². The molecule has 1 amide bonds. The zero-order valence-electron chi connectivity index (χ0n) is 12.3. The third kappa shape index (κ3) is 1.84. The molecule has 1 saturated heterocycles. The van der Waals surface area contributed by atoms with Gasteiger partial charge >= 0.3 is 5.97 Å². The number of hydrogen-bond acceptors (Lipinski definition) is 3. The fourth-order valence-electron chi connectivity index (χ4n) is 4.17. The molecular weight excluding hydrogens is 282 g/mol. The van der Waals surface area contributed by atoms with Gasteiger partial charge in [0, 0.05) is 23.4 Å². The van der Waals surface area contributed by atoms with Crippen molar-refractivity contribution in [3.05, 3.63) is 29.8 Å². The van der Waals surface area contributed by atoms with Crippen molar-refractivity contribution in [1.29, 1.82) is 0 Å². The number of carboxylic acids is 1. The molecule has 1 aromatic rings. The first-order chi connectivity index (χ1) is 10.6. The zero-order valence-corrected chi connectivity index (χ0v) is 12.3. The van der Waals surface area contributed by atoms with Crippen LogP contribution in [0.2, 0.25) is 0 Å². The number of amides is 1. The van der Waals surface area contributed by atoms with Crippen LogP contribution in [0.3, 0.4) is 0 Å². The average molecular weight is 301 g/mol. The lowest BCUT2D eigenvalue weighted by Gasteiger charge is -2.28. The van der Waals surface area contributed by atoms with Crippen molar-refractivity contribution in [2.75, 3.05) is 13.2 Å². The van der Waals surface area contributed by atoms with Crippen molar-refractivity contribution in [3.8, 4) is 5.75 Å². The Balaban J connectivity index is 1.60. The molecule has 1 spiro atoms. The summed E-state index contributed by atoms with van der Waals surface area (Å²) in [4.78, 5) is 25.7. The van der Waals surface area contributed by atoms with Crippen molar-refractivity contribution >= 4 is 11.9 Å². The number of carbonyl (C=O) groups excluding carboxylic acids is 1. The molecular formula is C17H19NO4. The molecule has 22 heavy (non-hydrogen) atoms. The fourth-order valence-corrected chi connectivity index (χ4v) is 4.17. The minimum absolute atomic E-state index is 0.0154. The van der Waals surface area contributed by atoms with Crippen molar-refractivity contribution in [3.63, 3.8) is 0 Å². The molecule has 1 aromatic carbocycles. The van der Waals surface area contributed by atoms with Crippen molar-refractivity contribution in [2.45, 2.75) is 37.1 Å². The van der Waals surface area contributed by atoms with Gasteiger partial charge in [0.05, 0.1) is 6.61 Å². The molecule has 1 saturated carbocycles. The number of nitrogens with zero attached hydrogens (tertiary/aromatic N) is 1. The maximum absolute atomic E-state index is 12.8. The first kappa shape index (κ1) is 13.6. The third-order valence-corrected chi connectivity index (χ3v) is 5.42. The molecule has 5 heteroatoms. The highest BCUT2D eigenvalue weighted by molar-refractivity contribution is 5.89. The molecule has 4 rings (SSSR count). The summed E-state index contributed by atoms with van der Waals surface area (Å²) in [5.41, 5.74) is 0.989. The molecule has 3 atom stereocenters. The lowest BCUT2D eigenvalue weighted by molar-refractivity contribution is -0.149.